The molecule has 0 spiro atoms. The summed E-state index contributed by atoms with van der Waals surface area (Å²) in [5, 5.41) is 5.14. The zero-order valence-electron chi connectivity index (χ0n) is 16.7. The molecule has 0 radical (unpaired) electrons. The van der Waals surface area contributed by atoms with E-state index < -0.39 is 16.1 Å². The van der Waals surface area contributed by atoms with Crippen molar-refractivity contribution in [3.8, 4) is 0 Å². The standard InChI is InChI=1S/C20H29N3O5S/c1-2-28-20(25)22-14-13-21-19(24)12-9-17-7-10-18(11-8-17)29(26,27)23-15-5-3-4-6-16-23/h7-12H,2-6,13-16H2,1H3,(H,21,24)(H,22,25)/b12-9+. The summed E-state index contributed by atoms with van der Waals surface area (Å²) in [6, 6.07) is 6.50. The lowest BCUT2D eigenvalue weighted by molar-refractivity contribution is -0.116. The highest BCUT2D eigenvalue weighted by molar-refractivity contribution is 7.89. The van der Waals surface area contributed by atoms with Crippen LogP contribution in [0, 0.1) is 0 Å². The zero-order valence-corrected chi connectivity index (χ0v) is 17.5. The van der Waals surface area contributed by atoms with Crippen molar-refractivity contribution in [3.05, 3.63) is 35.9 Å². The molecule has 1 heterocycles. The van der Waals surface area contributed by atoms with Gasteiger partial charge >= 0.3 is 6.09 Å². The number of benzene rings is 1. The van der Waals surface area contributed by atoms with Gasteiger partial charge in [-0.1, -0.05) is 25.0 Å². The number of carbonyl (C=O) groups excluding carboxylic acids is 2. The highest BCUT2D eigenvalue weighted by Gasteiger charge is 2.24. The third-order valence-corrected chi connectivity index (χ3v) is 6.39. The van der Waals surface area contributed by atoms with Crippen LogP contribution in [-0.2, 0) is 19.6 Å². The minimum absolute atomic E-state index is 0.265. The van der Waals surface area contributed by atoms with Crippen LogP contribution in [0.1, 0.15) is 38.2 Å². The number of hydrogen-bond donors (Lipinski definition) is 2. The van der Waals surface area contributed by atoms with Crippen molar-refractivity contribution in [2.24, 2.45) is 0 Å². The van der Waals surface area contributed by atoms with Crippen LogP contribution in [0.4, 0.5) is 4.79 Å². The number of carbonyl (C=O) groups is 2. The zero-order chi connectivity index (χ0) is 21.1. The second kappa shape index (κ2) is 11.6. The number of sulfonamides is 1. The van der Waals surface area contributed by atoms with Crippen molar-refractivity contribution in [2.45, 2.75) is 37.5 Å². The average Bonchev–Trinajstić information content (AvgIpc) is 3.00. The minimum Gasteiger partial charge on any atom is -0.450 e. The van der Waals surface area contributed by atoms with Crippen molar-refractivity contribution < 1.29 is 22.7 Å². The fourth-order valence-electron chi connectivity index (χ4n) is 2.95. The third kappa shape index (κ3) is 7.51. The van der Waals surface area contributed by atoms with E-state index in [1.54, 1.807) is 41.6 Å². The molecule has 2 N–H and O–H groups in total. The molecule has 8 nitrogen and oxygen atoms in total. The number of nitrogens with zero attached hydrogens (tertiary/aromatic N) is 1. The van der Waals surface area contributed by atoms with Crippen LogP contribution in [0.15, 0.2) is 35.2 Å². The first kappa shape index (κ1) is 22.9. The normalized spacial score (nSPS) is 15.6. The van der Waals surface area contributed by atoms with Gasteiger partial charge in [-0.15, -0.1) is 0 Å². The van der Waals surface area contributed by atoms with Gasteiger partial charge in [0.15, 0.2) is 0 Å². The molecular weight excluding hydrogens is 394 g/mol. The summed E-state index contributed by atoms with van der Waals surface area (Å²) in [6.45, 7) is 3.67. The van der Waals surface area contributed by atoms with E-state index in [2.05, 4.69) is 10.6 Å². The Bertz CT molecular complexity index is 798. The Labute approximate surface area is 172 Å². The van der Waals surface area contributed by atoms with Gasteiger partial charge in [-0.3, -0.25) is 4.79 Å². The van der Waals surface area contributed by atoms with Crippen LogP contribution in [0.25, 0.3) is 6.08 Å². The van der Waals surface area contributed by atoms with Gasteiger partial charge in [0.2, 0.25) is 15.9 Å². The Morgan fingerprint density at radius 2 is 1.66 bits per heavy atom. The van der Waals surface area contributed by atoms with Gasteiger partial charge in [0.1, 0.15) is 0 Å². The Morgan fingerprint density at radius 1 is 1.03 bits per heavy atom. The van der Waals surface area contributed by atoms with Gasteiger partial charge in [-0.05, 0) is 43.5 Å². The Morgan fingerprint density at radius 3 is 2.28 bits per heavy atom. The number of nitrogens with one attached hydrogen (secondary N) is 2. The summed E-state index contributed by atoms with van der Waals surface area (Å²) in [6.07, 6.45) is 6.37. The fourth-order valence-corrected chi connectivity index (χ4v) is 4.46. The molecule has 1 aromatic rings. The summed E-state index contributed by atoms with van der Waals surface area (Å²) in [5.74, 6) is -0.308. The molecule has 1 fully saturated rings. The lowest BCUT2D eigenvalue weighted by Crippen LogP contribution is -2.34. The molecule has 1 saturated heterocycles. The number of rotatable bonds is 8. The number of ether oxygens (including phenoxy) is 1. The molecule has 1 aliphatic heterocycles. The second-order valence-corrected chi connectivity index (χ2v) is 8.60. The van der Waals surface area contributed by atoms with E-state index in [1.807, 2.05) is 0 Å². The van der Waals surface area contributed by atoms with E-state index in [1.165, 1.54) is 6.08 Å². The Hall–Kier alpha value is -2.39. The van der Waals surface area contributed by atoms with E-state index >= 15 is 0 Å². The van der Waals surface area contributed by atoms with E-state index in [0.29, 0.717) is 19.7 Å². The molecule has 0 atom stereocenters. The van der Waals surface area contributed by atoms with Crippen molar-refractivity contribution in [1.82, 2.24) is 14.9 Å². The van der Waals surface area contributed by atoms with E-state index in [9.17, 15) is 18.0 Å². The predicted octanol–water partition coefficient (Wildman–Crippen LogP) is 2.13. The maximum atomic E-state index is 12.8. The van der Waals surface area contributed by atoms with E-state index in [0.717, 1.165) is 31.2 Å². The molecule has 1 aliphatic rings. The Balaban J connectivity index is 1.84. The molecule has 9 heteroatoms. The largest absolute Gasteiger partial charge is 0.450 e. The number of alkyl carbamates (subject to hydrolysis) is 1. The van der Waals surface area contributed by atoms with Gasteiger partial charge in [0.25, 0.3) is 0 Å². The average molecular weight is 424 g/mol. The van der Waals surface area contributed by atoms with E-state index in [4.69, 9.17) is 4.74 Å². The summed E-state index contributed by atoms with van der Waals surface area (Å²) < 4.78 is 31.8. The third-order valence-electron chi connectivity index (χ3n) is 4.48. The van der Waals surface area contributed by atoms with E-state index in [-0.39, 0.29) is 23.9 Å². The van der Waals surface area contributed by atoms with Crippen molar-refractivity contribution in [1.29, 1.82) is 0 Å². The quantitative estimate of drug-likeness (QED) is 0.492. The predicted molar refractivity (Wildman–Crippen MR) is 111 cm³/mol. The second-order valence-electron chi connectivity index (χ2n) is 6.66. The molecule has 0 bridgehead atoms. The van der Waals surface area contributed by atoms with Gasteiger partial charge in [0, 0.05) is 32.3 Å². The SMILES string of the molecule is CCOC(=O)NCCNC(=O)/C=C/c1ccc(S(=O)(=O)N2CCCCCC2)cc1. The molecule has 0 unspecified atom stereocenters. The molecule has 1 aromatic carbocycles. The van der Waals surface area contributed by atoms with Crippen LogP contribution >= 0.6 is 0 Å². The van der Waals surface area contributed by atoms with Crippen molar-refractivity contribution in [2.75, 3.05) is 32.8 Å². The number of amides is 2. The van der Waals surface area contributed by atoms with Gasteiger partial charge in [-0.2, -0.15) is 4.31 Å². The highest BCUT2D eigenvalue weighted by atomic mass is 32.2. The molecule has 0 aliphatic carbocycles. The highest BCUT2D eigenvalue weighted by Crippen LogP contribution is 2.20. The topological polar surface area (TPSA) is 105 Å². The summed E-state index contributed by atoms with van der Waals surface area (Å²) in [7, 11) is -3.47. The molecule has 2 rings (SSSR count). The van der Waals surface area contributed by atoms with Crippen molar-refractivity contribution >= 4 is 28.1 Å². The maximum absolute atomic E-state index is 12.8. The maximum Gasteiger partial charge on any atom is 0.407 e. The lowest BCUT2D eigenvalue weighted by atomic mass is 10.2. The Kier molecular flexibility index (Phi) is 9.14. The molecule has 29 heavy (non-hydrogen) atoms. The first-order valence-electron chi connectivity index (χ1n) is 9.90. The molecule has 0 aromatic heterocycles. The van der Waals surface area contributed by atoms with Gasteiger partial charge in [-0.25, -0.2) is 13.2 Å². The molecular formula is C20H29N3O5S. The molecule has 0 saturated carbocycles. The van der Waals surface area contributed by atoms with Crippen LogP contribution in [0.3, 0.4) is 0 Å². The summed E-state index contributed by atoms with van der Waals surface area (Å²) >= 11 is 0. The lowest BCUT2D eigenvalue weighted by Gasteiger charge is -2.19. The van der Waals surface area contributed by atoms with Gasteiger partial charge < -0.3 is 15.4 Å². The molecule has 160 valence electrons. The van der Waals surface area contributed by atoms with Crippen molar-refractivity contribution in [3.63, 3.8) is 0 Å². The fraction of sp³-hybridized carbons (Fsp3) is 0.500. The monoisotopic (exact) mass is 423 g/mol. The smallest absolute Gasteiger partial charge is 0.407 e. The molecule has 2 amide bonds. The first-order valence-corrected chi connectivity index (χ1v) is 11.3. The van der Waals surface area contributed by atoms with Crippen LogP contribution < -0.4 is 10.6 Å². The van der Waals surface area contributed by atoms with Crippen LogP contribution in [0.2, 0.25) is 0 Å². The first-order chi connectivity index (χ1) is 13.9. The van der Waals surface area contributed by atoms with Gasteiger partial charge in [0.05, 0.1) is 11.5 Å². The van der Waals surface area contributed by atoms with Crippen LogP contribution in [-0.4, -0.2) is 57.5 Å². The van der Waals surface area contributed by atoms with Crippen LogP contribution in [0.5, 0.6) is 0 Å². The summed E-state index contributed by atoms with van der Waals surface area (Å²) in [5.41, 5.74) is 0.722. The minimum atomic E-state index is -3.47. The number of hydrogen-bond acceptors (Lipinski definition) is 5. The summed E-state index contributed by atoms with van der Waals surface area (Å²) in [4.78, 5) is 23.2.